The zero-order valence-electron chi connectivity index (χ0n) is 20.4. The van der Waals surface area contributed by atoms with Crippen LogP contribution in [0.3, 0.4) is 0 Å². The van der Waals surface area contributed by atoms with Gasteiger partial charge in [0.25, 0.3) is 0 Å². The molecule has 5 rings (SSSR count). The molecule has 5 heterocycles. The number of aromatic nitrogens is 3. The third kappa shape index (κ3) is 4.85. The molecule has 10 heteroatoms. The smallest absolute Gasteiger partial charge is 0.309 e. The minimum absolute atomic E-state index is 0.484. The van der Waals surface area contributed by atoms with Gasteiger partial charge >= 0.3 is 5.97 Å². The van der Waals surface area contributed by atoms with Crippen molar-refractivity contribution in [1.82, 2.24) is 19.5 Å². The van der Waals surface area contributed by atoms with Gasteiger partial charge in [-0.05, 0) is 38.0 Å². The van der Waals surface area contributed by atoms with Crippen molar-refractivity contribution in [2.75, 3.05) is 57.4 Å². The van der Waals surface area contributed by atoms with Crippen LogP contribution in [0.1, 0.15) is 25.3 Å². The Morgan fingerprint density at radius 2 is 2.00 bits per heavy atom. The molecule has 10 nitrogen and oxygen atoms in total. The van der Waals surface area contributed by atoms with E-state index >= 15 is 0 Å². The average molecular weight is 491 g/mol. The molecule has 36 heavy (non-hydrogen) atoms. The molecule has 0 aliphatic carbocycles. The Morgan fingerprint density at radius 3 is 2.67 bits per heavy atom. The number of piperidine rings is 1. The number of carbonyl (C=O) groups is 1. The van der Waals surface area contributed by atoms with Gasteiger partial charge in [0.2, 0.25) is 0 Å². The molecule has 0 radical (unpaired) electrons. The molecule has 0 spiro atoms. The van der Waals surface area contributed by atoms with Crippen LogP contribution < -0.4 is 9.64 Å². The van der Waals surface area contributed by atoms with E-state index in [2.05, 4.69) is 26.0 Å². The topological polar surface area (TPSA) is 116 Å². The molecule has 3 aromatic heterocycles. The Balaban J connectivity index is 1.36. The maximum absolute atomic E-state index is 11.6. The molecule has 0 amide bonds. The minimum atomic E-state index is -0.740. The number of nitrogens with zero attached hydrogens (tertiary/aromatic N) is 6. The fourth-order valence-electron chi connectivity index (χ4n) is 4.77. The first-order chi connectivity index (χ1) is 17.5. The summed E-state index contributed by atoms with van der Waals surface area (Å²) < 4.78 is 13.2. The van der Waals surface area contributed by atoms with E-state index in [4.69, 9.17) is 9.47 Å². The lowest BCUT2D eigenvalue weighted by atomic mass is 9.80. The first-order valence-corrected chi connectivity index (χ1v) is 12.3. The molecule has 2 fully saturated rings. The van der Waals surface area contributed by atoms with Gasteiger partial charge in [-0.1, -0.05) is 0 Å². The summed E-state index contributed by atoms with van der Waals surface area (Å²) in [4.78, 5) is 20.7. The second kappa shape index (κ2) is 10.1. The summed E-state index contributed by atoms with van der Waals surface area (Å²) in [6.45, 7) is 7.76. The summed E-state index contributed by atoms with van der Waals surface area (Å²) in [5.74, 6) is 0.746. The molecule has 188 valence electrons. The second-order valence-electron chi connectivity index (χ2n) is 9.61. The summed E-state index contributed by atoms with van der Waals surface area (Å²) in [7, 11) is 0. The number of hydrogen-bond acceptors (Lipinski definition) is 8. The zero-order valence-corrected chi connectivity index (χ0v) is 20.4. The molecular formula is C26H30N6O4. The Labute approximate surface area is 209 Å². The monoisotopic (exact) mass is 490 g/mol. The average Bonchev–Trinajstić information content (AvgIpc) is 3.32. The second-order valence-corrected chi connectivity index (χ2v) is 9.61. The highest BCUT2D eigenvalue weighted by atomic mass is 16.5. The number of hydrogen-bond donors (Lipinski definition) is 1. The number of carboxylic acids is 1. The molecule has 2 saturated heterocycles. The molecule has 0 unspecified atom stereocenters. The van der Waals surface area contributed by atoms with Gasteiger partial charge in [0, 0.05) is 50.0 Å². The molecule has 2 aliphatic heterocycles. The van der Waals surface area contributed by atoms with E-state index in [0.29, 0.717) is 49.4 Å². The standard InChI is InChI=1S/C26H30N6O4/c1-26(25(33)34)4-6-31(7-5-26)23-3-2-19(16-28-23)22-14-21(18-32-24(22)20(15-27)17-29-32)36-13-10-30-8-11-35-12-9-30/h2-3,14,16-18H,4-13H2,1H3,(H,33,34). The summed E-state index contributed by atoms with van der Waals surface area (Å²) in [5, 5.41) is 23.5. The van der Waals surface area contributed by atoms with Crippen molar-refractivity contribution in [3.8, 4) is 22.9 Å². The van der Waals surface area contributed by atoms with Crippen LogP contribution in [0.15, 0.2) is 36.8 Å². The Kier molecular flexibility index (Phi) is 6.76. The fourth-order valence-corrected chi connectivity index (χ4v) is 4.77. The van der Waals surface area contributed by atoms with Crippen molar-refractivity contribution in [1.29, 1.82) is 5.26 Å². The first-order valence-electron chi connectivity index (χ1n) is 12.3. The lowest BCUT2D eigenvalue weighted by molar-refractivity contribution is -0.149. The highest BCUT2D eigenvalue weighted by molar-refractivity contribution is 5.85. The van der Waals surface area contributed by atoms with Crippen LogP contribution in [0, 0.1) is 16.7 Å². The number of nitriles is 1. The third-order valence-corrected chi connectivity index (χ3v) is 7.25. The lowest BCUT2D eigenvalue weighted by Crippen LogP contribution is -2.43. The van der Waals surface area contributed by atoms with Gasteiger partial charge in [-0.25, -0.2) is 9.50 Å². The number of rotatable bonds is 7. The number of carboxylic acid groups (broad SMARTS) is 1. The quantitative estimate of drug-likeness (QED) is 0.533. The SMILES string of the molecule is CC1(C(=O)O)CCN(c2ccc(-c3cc(OCCN4CCOCC4)cn4ncc(C#N)c34)cn2)CC1. The number of pyridine rings is 2. The van der Waals surface area contributed by atoms with Crippen LogP contribution in [-0.2, 0) is 9.53 Å². The maximum atomic E-state index is 11.6. The van der Waals surface area contributed by atoms with Gasteiger partial charge in [0.05, 0.1) is 42.1 Å². The molecule has 0 atom stereocenters. The highest BCUT2D eigenvalue weighted by Crippen LogP contribution is 2.34. The van der Waals surface area contributed by atoms with E-state index in [1.807, 2.05) is 25.1 Å². The third-order valence-electron chi connectivity index (χ3n) is 7.25. The van der Waals surface area contributed by atoms with E-state index in [9.17, 15) is 15.2 Å². The normalized spacial score (nSPS) is 18.2. The predicted octanol–water partition coefficient (Wildman–Crippen LogP) is 2.67. The summed E-state index contributed by atoms with van der Waals surface area (Å²) in [6.07, 6.45) is 6.32. The van der Waals surface area contributed by atoms with E-state index < -0.39 is 11.4 Å². The number of anilines is 1. The van der Waals surface area contributed by atoms with Gasteiger partial charge in [0.15, 0.2) is 0 Å². The van der Waals surface area contributed by atoms with E-state index in [-0.39, 0.29) is 0 Å². The van der Waals surface area contributed by atoms with Crippen molar-refractivity contribution in [2.24, 2.45) is 5.41 Å². The van der Waals surface area contributed by atoms with Crippen molar-refractivity contribution in [3.05, 3.63) is 42.4 Å². The number of fused-ring (bicyclic) bond motifs is 1. The minimum Gasteiger partial charge on any atom is -0.491 e. The Hall–Kier alpha value is -3.68. The van der Waals surface area contributed by atoms with Crippen molar-refractivity contribution in [3.63, 3.8) is 0 Å². The molecule has 0 aromatic carbocycles. The van der Waals surface area contributed by atoms with Gasteiger partial charge < -0.3 is 19.5 Å². The zero-order chi connectivity index (χ0) is 25.1. The summed E-state index contributed by atoms with van der Waals surface area (Å²) in [6, 6.07) is 8.09. The van der Waals surface area contributed by atoms with Gasteiger partial charge in [-0.3, -0.25) is 9.69 Å². The van der Waals surface area contributed by atoms with E-state index in [1.54, 1.807) is 23.1 Å². The Bertz CT molecular complexity index is 1270. The molecule has 1 N–H and O–H groups in total. The Morgan fingerprint density at radius 1 is 1.22 bits per heavy atom. The van der Waals surface area contributed by atoms with Crippen LogP contribution in [0.5, 0.6) is 5.75 Å². The van der Waals surface area contributed by atoms with E-state index in [0.717, 1.165) is 49.8 Å². The largest absolute Gasteiger partial charge is 0.491 e. The summed E-state index contributed by atoms with van der Waals surface area (Å²) >= 11 is 0. The summed E-state index contributed by atoms with van der Waals surface area (Å²) in [5.41, 5.74) is 2.19. The molecular weight excluding hydrogens is 460 g/mol. The van der Waals surface area contributed by atoms with Crippen LogP contribution in [0.4, 0.5) is 5.82 Å². The van der Waals surface area contributed by atoms with E-state index in [1.165, 1.54) is 0 Å². The van der Waals surface area contributed by atoms with Gasteiger partial charge in [-0.2, -0.15) is 10.4 Å². The highest BCUT2D eigenvalue weighted by Gasteiger charge is 2.37. The van der Waals surface area contributed by atoms with Crippen LogP contribution >= 0.6 is 0 Å². The first kappa shape index (κ1) is 24.0. The lowest BCUT2D eigenvalue weighted by Gasteiger charge is -2.37. The van der Waals surface area contributed by atoms with Crippen molar-refractivity contribution < 1.29 is 19.4 Å². The molecule has 2 aliphatic rings. The number of ether oxygens (including phenoxy) is 2. The van der Waals surface area contributed by atoms with Gasteiger partial charge in [-0.15, -0.1) is 0 Å². The molecule has 0 bridgehead atoms. The van der Waals surface area contributed by atoms with Crippen molar-refractivity contribution in [2.45, 2.75) is 19.8 Å². The number of aliphatic carboxylic acids is 1. The predicted molar refractivity (Wildman–Crippen MR) is 133 cm³/mol. The van der Waals surface area contributed by atoms with Crippen LogP contribution in [-0.4, -0.2) is 83.1 Å². The van der Waals surface area contributed by atoms with Gasteiger partial charge in [0.1, 0.15) is 24.2 Å². The molecule has 3 aromatic rings. The van der Waals surface area contributed by atoms with Crippen molar-refractivity contribution >= 4 is 17.3 Å². The van der Waals surface area contributed by atoms with Crippen LogP contribution in [0.25, 0.3) is 16.6 Å². The maximum Gasteiger partial charge on any atom is 0.309 e. The molecule has 0 saturated carbocycles. The number of morpholine rings is 1. The van der Waals surface area contributed by atoms with Crippen LogP contribution in [0.2, 0.25) is 0 Å². The fraction of sp³-hybridized carbons (Fsp3) is 0.462.